The van der Waals surface area contributed by atoms with Crippen molar-refractivity contribution in [1.82, 2.24) is 5.01 Å². The fourth-order valence-corrected chi connectivity index (χ4v) is 5.60. The lowest BCUT2D eigenvalue weighted by atomic mass is 9.63. The number of nitrogens with zero attached hydrogens (tertiary/aromatic N) is 3. The van der Waals surface area contributed by atoms with Gasteiger partial charge in [0.15, 0.2) is 0 Å². The summed E-state index contributed by atoms with van der Waals surface area (Å²) in [7, 11) is 0. The molecule has 0 spiro atoms. The van der Waals surface area contributed by atoms with E-state index < -0.39 is 16.4 Å². The van der Waals surface area contributed by atoms with Crippen LogP contribution in [-0.2, 0) is 9.59 Å². The average Bonchev–Trinajstić information content (AvgIpc) is 3.39. The molecule has 1 saturated heterocycles. The number of nitro benzene ring substituents is 1. The maximum absolute atomic E-state index is 13.4. The minimum Gasteiger partial charge on any atom is -0.455 e. The summed E-state index contributed by atoms with van der Waals surface area (Å²) in [5.74, 6) is -0.332. The second-order valence-corrected chi connectivity index (χ2v) is 8.51. The van der Waals surface area contributed by atoms with E-state index in [9.17, 15) is 24.1 Å². The Hall–Kier alpha value is -3.62. The molecule has 156 valence electrons. The van der Waals surface area contributed by atoms with Crippen molar-refractivity contribution in [3.8, 4) is 11.3 Å². The van der Waals surface area contributed by atoms with Gasteiger partial charge in [0.2, 0.25) is 0 Å². The highest BCUT2D eigenvalue weighted by Crippen LogP contribution is 2.65. The summed E-state index contributed by atoms with van der Waals surface area (Å²) in [4.78, 5) is 36.4. The molecule has 3 fully saturated rings. The maximum Gasteiger partial charge on any atom is 0.283 e. The smallest absolute Gasteiger partial charge is 0.283 e. The summed E-state index contributed by atoms with van der Waals surface area (Å²) >= 11 is 0. The Morgan fingerprint density at radius 3 is 2.42 bits per heavy atom. The predicted molar refractivity (Wildman–Crippen MR) is 105 cm³/mol. The van der Waals surface area contributed by atoms with E-state index in [0.717, 1.165) is 23.6 Å². The zero-order chi connectivity index (χ0) is 21.4. The van der Waals surface area contributed by atoms with Crippen LogP contribution in [0.5, 0.6) is 0 Å². The van der Waals surface area contributed by atoms with Gasteiger partial charge in [0.25, 0.3) is 17.5 Å². The van der Waals surface area contributed by atoms with E-state index in [1.54, 1.807) is 0 Å². The first-order chi connectivity index (χ1) is 14.9. The molecular weight excluding hydrogens is 405 g/mol. The number of carbonyl (C=O) groups excluding carboxylic acids is 2. The molecule has 2 amide bonds. The topological polar surface area (TPSA) is 106 Å². The number of carbonyl (C=O) groups is 2. The number of rotatable bonds is 4. The van der Waals surface area contributed by atoms with Gasteiger partial charge in [-0.05, 0) is 54.4 Å². The lowest BCUT2D eigenvalue weighted by Crippen LogP contribution is -2.40. The first-order valence-corrected chi connectivity index (χ1v) is 10.1. The number of hydrogen-bond donors (Lipinski definition) is 0. The van der Waals surface area contributed by atoms with Gasteiger partial charge >= 0.3 is 0 Å². The van der Waals surface area contributed by atoms with Crippen LogP contribution in [0.4, 0.5) is 10.1 Å². The van der Waals surface area contributed by atoms with E-state index in [2.05, 4.69) is 17.3 Å². The number of nitro groups is 1. The van der Waals surface area contributed by atoms with Crippen LogP contribution < -0.4 is 0 Å². The highest BCUT2D eigenvalue weighted by Gasteiger charge is 2.67. The molecule has 0 N–H and O–H groups in total. The van der Waals surface area contributed by atoms with E-state index >= 15 is 0 Å². The second kappa shape index (κ2) is 6.19. The van der Waals surface area contributed by atoms with Crippen molar-refractivity contribution in [2.45, 2.75) is 6.42 Å². The molecule has 5 aliphatic rings. The molecule has 4 aliphatic carbocycles. The molecule has 2 bridgehead atoms. The molecule has 31 heavy (non-hydrogen) atoms. The third kappa shape index (κ3) is 2.55. The number of benzene rings is 1. The van der Waals surface area contributed by atoms with Gasteiger partial charge in [-0.25, -0.2) is 4.39 Å². The summed E-state index contributed by atoms with van der Waals surface area (Å²) < 4.78 is 19.0. The minimum absolute atomic E-state index is 0.117. The van der Waals surface area contributed by atoms with Gasteiger partial charge in [-0.1, -0.05) is 12.2 Å². The first-order valence-electron chi connectivity index (χ1n) is 10.1. The molecular formula is C22H16FN3O5. The molecule has 6 atom stereocenters. The van der Waals surface area contributed by atoms with Crippen molar-refractivity contribution < 1.29 is 23.3 Å². The van der Waals surface area contributed by atoms with Crippen LogP contribution in [0.2, 0.25) is 0 Å². The highest BCUT2D eigenvalue weighted by atomic mass is 19.1. The lowest BCUT2D eigenvalue weighted by Gasteiger charge is -2.37. The van der Waals surface area contributed by atoms with Gasteiger partial charge in [0, 0.05) is 0 Å². The van der Waals surface area contributed by atoms with Gasteiger partial charge in [-0.2, -0.15) is 10.1 Å². The van der Waals surface area contributed by atoms with E-state index in [4.69, 9.17) is 4.42 Å². The third-order valence-corrected chi connectivity index (χ3v) is 6.99. The van der Waals surface area contributed by atoms with Crippen LogP contribution in [0, 0.1) is 51.4 Å². The monoisotopic (exact) mass is 421 g/mol. The van der Waals surface area contributed by atoms with Gasteiger partial charge < -0.3 is 4.42 Å². The van der Waals surface area contributed by atoms with Crippen LogP contribution in [-0.4, -0.2) is 28.0 Å². The second-order valence-electron chi connectivity index (χ2n) is 8.51. The molecule has 2 heterocycles. The standard InChI is InChI=1S/C22H16FN3O5/c23-10-1-3-14(17(7-10)26(29)30)18-6-2-11(31-18)9-24-25-21(27)19-12-4-5-13(16-8-15(12)16)20(19)22(25)28/h1-7,9,12-13,15-16,19-20H,8H2/b24-9-/t12-,13-,15-,16+,19-,20+/m1/s1. The third-order valence-electron chi connectivity index (χ3n) is 6.99. The fourth-order valence-electron chi connectivity index (χ4n) is 5.60. The summed E-state index contributed by atoms with van der Waals surface area (Å²) in [6.45, 7) is 0. The predicted octanol–water partition coefficient (Wildman–Crippen LogP) is 3.38. The highest BCUT2D eigenvalue weighted by molar-refractivity contribution is 6.06. The Balaban J connectivity index is 1.26. The van der Waals surface area contributed by atoms with Crippen molar-refractivity contribution in [2.24, 2.45) is 40.6 Å². The zero-order valence-corrected chi connectivity index (χ0v) is 16.1. The number of halogens is 1. The maximum atomic E-state index is 13.4. The number of amides is 2. The summed E-state index contributed by atoms with van der Waals surface area (Å²) in [5, 5.41) is 16.2. The Kier molecular flexibility index (Phi) is 3.63. The Labute approximate surface area is 175 Å². The molecule has 1 aromatic carbocycles. The van der Waals surface area contributed by atoms with E-state index in [-0.39, 0.29) is 52.6 Å². The molecule has 1 aromatic heterocycles. The van der Waals surface area contributed by atoms with Crippen LogP contribution in [0.15, 0.2) is 52.0 Å². The number of imide groups is 1. The van der Waals surface area contributed by atoms with Crippen LogP contribution in [0.25, 0.3) is 11.3 Å². The molecule has 0 unspecified atom stereocenters. The Morgan fingerprint density at radius 2 is 1.77 bits per heavy atom. The summed E-state index contributed by atoms with van der Waals surface area (Å²) in [6.07, 6.45) is 6.52. The Bertz CT molecular complexity index is 1180. The summed E-state index contributed by atoms with van der Waals surface area (Å²) in [6, 6.07) is 6.20. The van der Waals surface area contributed by atoms with Crippen LogP contribution in [0.3, 0.4) is 0 Å². The number of hydrazone groups is 1. The molecule has 0 radical (unpaired) electrons. The van der Waals surface area contributed by atoms with Crippen LogP contribution in [0.1, 0.15) is 12.2 Å². The van der Waals surface area contributed by atoms with E-state index in [1.807, 2.05) is 0 Å². The molecule has 9 heteroatoms. The molecule has 7 rings (SSSR count). The molecule has 8 nitrogen and oxygen atoms in total. The average molecular weight is 421 g/mol. The number of hydrogen-bond acceptors (Lipinski definition) is 6. The quantitative estimate of drug-likeness (QED) is 0.247. The largest absolute Gasteiger partial charge is 0.455 e. The van der Waals surface area contributed by atoms with Crippen molar-refractivity contribution in [1.29, 1.82) is 0 Å². The first kappa shape index (κ1) is 18.2. The van der Waals surface area contributed by atoms with E-state index in [1.165, 1.54) is 24.4 Å². The lowest BCUT2D eigenvalue weighted by molar-refractivity contribution is -0.384. The van der Waals surface area contributed by atoms with Gasteiger partial charge in [0.1, 0.15) is 17.3 Å². The normalized spacial score (nSPS) is 32.6. The van der Waals surface area contributed by atoms with Gasteiger partial charge in [0.05, 0.1) is 34.6 Å². The molecule has 1 aliphatic heterocycles. The minimum atomic E-state index is -0.725. The van der Waals surface area contributed by atoms with Crippen molar-refractivity contribution >= 4 is 23.7 Å². The molecule has 2 aromatic rings. The number of allylic oxidation sites excluding steroid dienone is 2. The SMILES string of the molecule is O=C1[C@@H]2[C@@H]3C=C[C@H]([C@@H]4C[C@H]34)[C@@H]2C(=O)N1/N=C\c1ccc(-c2ccc(F)cc2[N+](=O)[O-])o1. The van der Waals surface area contributed by atoms with Gasteiger partial charge in [-0.15, -0.1) is 0 Å². The van der Waals surface area contributed by atoms with Gasteiger partial charge in [-0.3, -0.25) is 19.7 Å². The Morgan fingerprint density at radius 1 is 1.10 bits per heavy atom. The molecule has 2 saturated carbocycles. The van der Waals surface area contributed by atoms with E-state index in [0.29, 0.717) is 11.8 Å². The summed E-state index contributed by atoms with van der Waals surface area (Å²) in [5.41, 5.74) is -0.305. The number of furan rings is 1. The van der Waals surface area contributed by atoms with Crippen molar-refractivity contribution in [3.63, 3.8) is 0 Å². The van der Waals surface area contributed by atoms with Crippen LogP contribution >= 0.6 is 0 Å². The van der Waals surface area contributed by atoms with Crippen molar-refractivity contribution in [2.75, 3.05) is 0 Å². The zero-order valence-electron chi connectivity index (χ0n) is 16.1. The van der Waals surface area contributed by atoms with Crippen molar-refractivity contribution in [3.05, 3.63) is 64.2 Å². The fraction of sp³-hybridized carbons (Fsp3) is 0.318.